The number of methoxy groups -OCH3 is 2. The summed E-state index contributed by atoms with van der Waals surface area (Å²) in [5.41, 5.74) is 5.56. The van der Waals surface area contributed by atoms with Crippen molar-refractivity contribution in [3.8, 4) is 11.5 Å². The van der Waals surface area contributed by atoms with Gasteiger partial charge in [-0.3, -0.25) is 14.6 Å². The lowest BCUT2D eigenvalue weighted by Gasteiger charge is -2.38. The predicted octanol–water partition coefficient (Wildman–Crippen LogP) is 4.35. The summed E-state index contributed by atoms with van der Waals surface area (Å²) in [5, 5.41) is 0.962. The largest absolute Gasteiger partial charge is 0.493 e. The summed E-state index contributed by atoms with van der Waals surface area (Å²) in [5.74, 6) is 1.02. The maximum absolute atomic E-state index is 13.7. The molecule has 35 heavy (non-hydrogen) atoms. The number of benzene rings is 2. The van der Waals surface area contributed by atoms with Crippen molar-refractivity contribution in [3.05, 3.63) is 98.6 Å². The van der Waals surface area contributed by atoms with E-state index in [2.05, 4.69) is 9.97 Å². The van der Waals surface area contributed by atoms with Gasteiger partial charge >= 0.3 is 0 Å². The topological polar surface area (TPSA) is 84.5 Å². The quantitative estimate of drug-likeness (QED) is 0.481. The summed E-state index contributed by atoms with van der Waals surface area (Å²) in [7, 11) is 3.18. The normalized spacial score (nSPS) is 15.1. The number of nitrogens with one attached hydrogen (secondary N) is 1. The third-order valence-electron chi connectivity index (χ3n) is 6.83. The molecule has 0 aliphatic carbocycles. The molecule has 1 unspecified atom stereocenters. The van der Waals surface area contributed by atoms with Gasteiger partial charge in [0.2, 0.25) is 0 Å². The molecule has 2 aromatic heterocycles. The van der Waals surface area contributed by atoms with Crippen molar-refractivity contribution in [1.29, 1.82) is 0 Å². The maximum Gasteiger partial charge on any atom is 0.254 e. The molecule has 0 radical (unpaired) electrons. The molecule has 0 bridgehead atoms. The van der Waals surface area contributed by atoms with Crippen molar-refractivity contribution in [3.63, 3.8) is 0 Å². The molecule has 178 valence electrons. The molecule has 0 fully saturated rings. The summed E-state index contributed by atoms with van der Waals surface area (Å²) < 4.78 is 11.1. The van der Waals surface area contributed by atoms with E-state index in [1.165, 1.54) is 0 Å². The Hall–Kier alpha value is -4.13. The number of rotatable bonds is 4. The van der Waals surface area contributed by atoms with Crippen molar-refractivity contribution >= 4 is 16.8 Å². The van der Waals surface area contributed by atoms with Crippen LogP contribution >= 0.6 is 0 Å². The smallest absolute Gasteiger partial charge is 0.254 e. The van der Waals surface area contributed by atoms with Gasteiger partial charge in [-0.2, -0.15) is 0 Å². The van der Waals surface area contributed by atoms with Crippen molar-refractivity contribution in [2.24, 2.45) is 0 Å². The van der Waals surface area contributed by atoms with Crippen LogP contribution in [0.15, 0.2) is 59.7 Å². The Morgan fingerprint density at radius 2 is 1.66 bits per heavy atom. The van der Waals surface area contributed by atoms with Gasteiger partial charge in [0.05, 0.1) is 25.8 Å². The second kappa shape index (κ2) is 8.91. The van der Waals surface area contributed by atoms with Crippen LogP contribution in [0.2, 0.25) is 0 Å². The molecule has 1 N–H and O–H groups in total. The van der Waals surface area contributed by atoms with Crippen LogP contribution in [0, 0.1) is 13.8 Å². The van der Waals surface area contributed by atoms with E-state index in [0.29, 0.717) is 35.6 Å². The van der Waals surface area contributed by atoms with Crippen molar-refractivity contribution < 1.29 is 14.3 Å². The molecule has 1 aliphatic heterocycles. The molecule has 0 spiro atoms. The van der Waals surface area contributed by atoms with E-state index in [0.717, 1.165) is 33.2 Å². The highest BCUT2D eigenvalue weighted by molar-refractivity contribution is 5.95. The minimum absolute atomic E-state index is 0.154. The van der Waals surface area contributed by atoms with Crippen LogP contribution in [0.25, 0.3) is 10.9 Å². The first kappa shape index (κ1) is 22.7. The third-order valence-corrected chi connectivity index (χ3v) is 6.83. The number of aromatic amines is 1. The Balaban J connectivity index is 1.77. The van der Waals surface area contributed by atoms with Gasteiger partial charge in [0, 0.05) is 35.5 Å². The number of aromatic nitrogens is 2. The summed E-state index contributed by atoms with van der Waals surface area (Å²) in [6.07, 6.45) is 3.83. The molecule has 1 amide bonds. The summed E-state index contributed by atoms with van der Waals surface area (Å²) in [4.78, 5) is 36.1. The Morgan fingerprint density at radius 1 is 0.971 bits per heavy atom. The van der Waals surface area contributed by atoms with Gasteiger partial charge in [0.15, 0.2) is 11.5 Å². The number of hydrogen-bond donors (Lipinski definition) is 1. The number of amides is 1. The lowest BCUT2D eigenvalue weighted by atomic mass is 9.87. The van der Waals surface area contributed by atoms with E-state index in [4.69, 9.17) is 9.47 Å². The Morgan fingerprint density at radius 3 is 2.37 bits per heavy atom. The molecule has 0 saturated carbocycles. The average Bonchev–Trinajstić information content (AvgIpc) is 2.89. The highest BCUT2D eigenvalue weighted by Gasteiger charge is 2.35. The number of ether oxygens (including phenoxy) is 2. The van der Waals surface area contributed by atoms with E-state index in [1.807, 2.05) is 44.2 Å². The highest BCUT2D eigenvalue weighted by atomic mass is 16.5. The van der Waals surface area contributed by atoms with Crippen LogP contribution in [0.4, 0.5) is 0 Å². The Labute approximate surface area is 203 Å². The van der Waals surface area contributed by atoms with E-state index >= 15 is 0 Å². The molecule has 4 aromatic rings. The fraction of sp³-hybridized carbons (Fsp3) is 0.250. The number of pyridine rings is 2. The van der Waals surface area contributed by atoms with E-state index in [9.17, 15) is 9.59 Å². The number of carbonyl (C=O) groups excluding carboxylic acids is 1. The van der Waals surface area contributed by atoms with Crippen LogP contribution in [0.1, 0.15) is 44.2 Å². The lowest BCUT2D eigenvalue weighted by molar-refractivity contribution is 0.0693. The molecule has 0 saturated heterocycles. The summed E-state index contributed by atoms with van der Waals surface area (Å²) in [6, 6.07) is 12.6. The zero-order valence-electron chi connectivity index (χ0n) is 20.2. The van der Waals surface area contributed by atoms with Gasteiger partial charge in [-0.1, -0.05) is 12.1 Å². The minimum Gasteiger partial charge on any atom is -0.493 e. The maximum atomic E-state index is 13.7. The zero-order chi connectivity index (χ0) is 24.7. The van der Waals surface area contributed by atoms with Crippen LogP contribution < -0.4 is 15.0 Å². The van der Waals surface area contributed by atoms with Crippen molar-refractivity contribution in [1.82, 2.24) is 14.9 Å². The fourth-order valence-corrected chi connectivity index (χ4v) is 4.95. The molecule has 7 heteroatoms. The first-order valence-corrected chi connectivity index (χ1v) is 11.5. The van der Waals surface area contributed by atoms with Gasteiger partial charge in [-0.15, -0.1) is 0 Å². The first-order valence-electron chi connectivity index (χ1n) is 11.5. The lowest BCUT2D eigenvalue weighted by Crippen LogP contribution is -2.42. The van der Waals surface area contributed by atoms with E-state index in [1.54, 1.807) is 43.6 Å². The molecule has 3 heterocycles. The molecule has 5 rings (SSSR count). The average molecular weight is 470 g/mol. The number of H-pyrrole nitrogens is 1. The summed E-state index contributed by atoms with van der Waals surface area (Å²) >= 11 is 0. The zero-order valence-corrected chi connectivity index (χ0v) is 20.2. The van der Waals surface area contributed by atoms with Gasteiger partial charge in [0.25, 0.3) is 11.5 Å². The van der Waals surface area contributed by atoms with Gasteiger partial charge in [-0.25, -0.2) is 0 Å². The molecular formula is C28H27N3O4. The number of fused-ring (bicyclic) bond motifs is 2. The number of carbonyl (C=O) groups is 1. The summed E-state index contributed by atoms with van der Waals surface area (Å²) in [6.45, 7) is 4.45. The van der Waals surface area contributed by atoms with Gasteiger partial charge in [-0.05, 0) is 72.9 Å². The molecule has 2 aromatic carbocycles. The number of nitrogens with zero attached hydrogens (tertiary/aromatic N) is 2. The minimum atomic E-state index is -0.590. The van der Waals surface area contributed by atoms with E-state index in [-0.39, 0.29) is 11.5 Å². The van der Waals surface area contributed by atoms with Crippen molar-refractivity contribution in [2.45, 2.75) is 26.3 Å². The first-order chi connectivity index (χ1) is 16.9. The van der Waals surface area contributed by atoms with Gasteiger partial charge in [0.1, 0.15) is 0 Å². The standard InChI is InChI=1S/C28H27N3O4/c1-16-5-6-17(2)25-20(16)14-22(27(32)30-25)26-21-15-24(35-4)23(34-3)13-19(21)9-12-31(26)28(33)18-7-10-29-11-8-18/h5-8,10-11,13-15,26H,9,12H2,1-4H3,(H,30,32). The second-order valence-electron chi connectivity index (χ2n) is 8.83. The van der Waals surface area contributed by atoms with Crippen molar-refractivity contribution in [2.75, 3.05) is 20.8 Å². The Kier molecular flexibility index (Phi) is 5.76. The van der Waals surface area contributed by atoms with Crippen LogP contribution in [-0.4, -0.2) is 41.5 Å². The monoisotopic (exact) mass is 469 g/mol. The molecule has 7 nitrogen and oxygen atoms in total. The van der Waals surface area contributed by atoms with Gasteiger partial charge < -0.3 is 19.4 Å². The molecule has 1 atom stereocenters. The number of hydrogen-bond acceptors (Lipinski definition) is 5. The second-order valence-corrected chi connectivity index (χ2v) is 8.83. The third kappa shape index (κ3) is 3.83. The predicted molar refractivity (Wildman–Crippen MR) is 134 cm³/mol. The van der Waals surface area contributed by atoms with Crippen LogP contribution in [0.3, 0.4) is 0 Å². The number of aryl methyl sites for hydroxylation is 2. The molecule has 1 aliphatic rings. The van der Waals surface area contributed by atoms with E-state index < -0.39 is 6.04 Å². The highest BCUT2D eigenvalue weighted by Crippen LogP contribution is 2.41. The molecular weight excluding hydrogens is 442 g/mol. The Bertz CT molecular complexity index is 1490. The van der Waals surface area contributed by atoms with Crippen LogP contribution in [0.5, 0.6) is 11.5 Å². The van der Waals surface area contributed by atoms with Crippen LogP contribution in [-0.2, 0) is 6.42 Å². The fourth-order valence-electron chi connectivity index (χ4n) is 4.95. The SMILES string of the molecule is COc1cc2c(cc1OC)C(c1cc3c(C)ccc(C)c3[nH]c1=O)N(C(=O)c1ccncc1)CC2.